The van der Waals surface area contributed by atoms with Crippen molar-refractivity contribution in [2.45, 2.75) is 11.7 Å². The summed E-state index contributed by atoms with van der Waals surface area (Å²) in [4.78, 5) is 11.4. The minimum atomic E-state index is -0.852. The third-order valence-corrected chi connectivity index (χ3v) is 4.48. The van der Waals surface area contributed by atoms with E-state index in [9.17, 15) is 9.90 Å². The van der Waals surface area contributed by atoms with Crippen LogP contribution in [0.15, 0.2) is 24.4 Å². The van der Waals surface area contributed by atoms with E-state index in [1.54, 1.807) is 12.1 Å². The Morgan fingerprint density at radius 2 is 2.28 bits per heavy atom. The average molecular weight is 258 g/mol. The number of rotatable bonds is 4. The number of hydrogen-bond donors (Lipinski definition) is 1. The molecule has 1 N–H and O–H groups in total. The van der Waals surface area contributed by atoms with Crippen LogP contribution < -0.4 is 4.48 Å². The summed E-state index contributed by atoms with van der Waals surface area (Å²) in [6.45, 7) is 3.09. The maximum atomic E-state index is 11.4. The SMILES string of the molecule is [CH2]=[Al][CH](C)C[N+]1(C)C=Cc2cccc(C(=O)O)c21. The van der Waals surface area contributed by atoms with Crippen LogP contribution >= 0.6 is 0 Å². The Balaban J connectivity index is 2.51. The second kappa shape index (κ2) is 4.81. The third kappa shape index (κ3) is 2.20. The maximum absolute atomic E-state index is 11.4. The molecule has 0 saturated heterocycles. The summed E-state index contributed by atoms with van der Waals surface area (Å²) in [6.07, 6.45) is 4.11. The van der Waals surface area contributed by atoms with Crippen LogP contribution in [0.3, 0.4) is 0 Å². The van der Waals surface area contributed by atoms with Gasteiger partial charge in [-0.3, -0.25) is 0 Å². The second-order valence-electron chi connectivity index (χ2n) is 5.03. The first-order valence-corrected chi connectivity index (χ1v) is 7.50. The van der Waals surface area contributed by atoms with Crippen LogP contribution in [0.25, 0.3) is 6.08 Å². The topological polar surface area (TPSA) is 37.3 Å². The van der Waals surface area contributed by atoms with E-state index in [4.69, 9.17) is 0 Å². The molecule has 1 aromatic rings. The summed E-state index contributed by atoms with van der Waals surface area (Å²) in [7, 11) is 2.07. The van der Waals surface area contributed by atoms with Crippen LogP contribution in [0.1, 0.15) is 22.8 Å². The Kier molecular flexibility index (Phi) is 3.54. The first-order chi connectivity index (χ1) is 8.48. The van der Waals surface area contributed by atoms with E-state index in [-0.39, 0.29) is 14.8 Å². The van der Waals surface area contributed by atoms with Crippen molar-refractivity contribution < 1.29 is 9.90 Å². The fourth-order valence-electron chi connectivity index (χ4n) is 2.58. The number of carboxylic acids is 1. The molecule has 3 nitrogen and oxygen atoms in total. The molecule has 0 radical (unpaired) electrons. The van der Waals surface area contributed by atoms with Crippen molar-refractivity contribution in [1.82, 2.24) is 4.48 Å². The summed E-state index contributed by atoms with van der Waals surface area (Å²) in [5.41, 5.74) is 2.33. The molecular weight excluding hydrogens is 241 g/mol. The molecule has 18 heavy (non-hydrogen) atoms. The Morgan fingerprint density at radius 3 is 2.89 bits per heavy atom. The molecule has 0 saturated carbocycles. The van der Waals surface area contributed by atoms with Gasteiger partial charge in [0, 0.05) is 0 Å². The zero-order chi connectivity index (χ0) is 13.3. The van der Waals surface area contributed by atoms with Gasteiger partial charge in [0.25, 0.3) is 0 Å². The molecule has 0 fully saturated rings. The van der Waals surface area contributed by atoms with E-state index in [1.165, 1.54) is 0 Å². The van der Waals surface area contributed by atoms with E-state index in [0.717, 1.165) is 17.8 Å². The molecule has 2 atom stereocenters. The Bertz CT molecular complexity index is 539. The zero-order valence-corrected chi connectivity index (χ0v) is 11.9. The molecule has 4 heteroatoms. The van der Waals surface area contributed by atoms with Crippen LogP contribution in [-0.4, -0.2) is 44.8 Å². The summed E-state index contributed by atoms with van der Waals surface area (Å²) in [5, 5.41) is 13.3. The van der Waals surface area contributed by atoms with Gasteiger partial charge in [-0.05, 0) is 0 Å². The predicted molar refractivity (Wildman–Crippen MR) is 77.3 cm³/mol. The van der Waals surface area contributed by atoms with Gasteiger partial charge in [-0.15, -0.1) is 0 Å². The average Bonchev–Trinajstić information content (AvgIpc) is 2.67. The van der Waals surface area contributed by atoms with Gasteiger partial charge in [-0.25, -0.2) is 0 Å². The Labute approximate surface area is 113 Å². The fourth-order valence-corrected chi connectivity index (χ4v) is 3.17. The van der Waals surface area contributed by atoms with E-state index in [0.29, 0.717) is 14.8 Å². The summed E-state index contributed by atoms with van der Waals surface area (Å²) >= 11 is 0.155. The molecule has 1 aromatic carbocycles. The molecule has 0 aliphatic carbocycles. The van der Waals surface area contributed by atoms with Crippen molar-refractivity contribution in [2.24, 2.45) is 0 Å². The van der Waals surface area contributed by atoms with Crippen LogP contribution in [0, 0.1) is 0 Å². The standard InChI is InChI=1S/C13H14NO2.CH2.Al/c1-3-8-14(2)9-7-10-5-4-6-11(12(10)14)13(15)16;;/h3-7,9H,8H2,1-2H3;1H2;/p+1. The summed E-state index contributed by atoms with van der Waals surface area (Å²) < 4.78 is 1.11. The zero-order valence-electron chi connectivity index (χ0n) is 10.8. The quantitative estimate of drug-likeness (QED) is 0.664. The van der Waals surface area contributed by atoms with Gasteiger partial charge in [0.05, 0.1) is 0 Å². The molecule has 0 spiro atoms. The number of carbonyl (C=O) groups is 1. The fraction of sp³-hybridized carbons (Fsp3) is 0.286. The molecule has 1 aliphatic heterocycles. The van der Waals surface area contributed by atoms with Crippen LogP contribution in [0.4, 0.5) is 5.69 Å². The monoisotopic (exact) mass is 258 g/mol. The van der Waals surface area contributed by atoms with Gasteiger partial charge in [0.2, 0.25) is 0 Å². The van der Waals surface area contributed by atoms with Crippen molar-refractivity contribution in [3.63, 3.8) is 0 Å². The molecule has 1 heterocycles. The van der Waals surface area contributed by atoms with E-state index < -0.39 is 5.97 Å². The first kappa shape index (κ1) is 13.2. The van der Waals surface area contributed by atoms with Gasteiger partial charge >= 0.3 is 113 Å². The second-order valence-corrected chi connectivity index (χ2v) is 6.64. The molecule has 0 aromatic heterocycles. The first-order valence-electron chi connectivity index (χ1n) is 6.02. The molecular formula is C14H17AlNO2+. The molecule has 2 rings (SSSR count). The van der Waals surface area contributed by atoms with Gasteiger partial charge in [-0.2, -0.15) is 0 Å². The number of hydrogen-bond acceptors (Lipinski definition) is 1. The predicted octanol–water partition coefficient (Wildman–Crippen LogP) is 2.25. The van der Waals surface area contributed by atoms with Gasteiger partial charge in [0.1, 0.15) is 0 Å². The minimum absolute atomic E-state index is 0.155. The molecule has 92 valence electrons. The Morgan fingerprint density at radius 1 is 1.56 bits per heavy atom. The van der Waals surface area contributed by atoms with Crippen molar-refractivity contribution in [1.29, 1.82) is 0 Å². The number of para-hydroxylation sites is 1. The Hall–Kier alpha value is -1.21. The normalized spacial score (nSPS) is 22.3. The third-order valence-electron chi connectivity index (χ3n) is 3.46. The van der Waals surface area contributed by atoms with E-state index in [1.807, 2.05) is 12.1 Å². The van der Waals surface area contributed by atoms with Crippen LogP contribution in [0.2, 0.25) is 4.78 Å². The number of aromatic carboxylic acids is 1. The van der Waals surface area contributed by atoms with E-state index >= 15 is 0 Å². The number of fused-ring (bicyclic) bond motifs is 1. The van der Waals surface area contributed by atoms with Crippen molar-refractivity contribution in [2.75, 3.05) is 13.6 Å². The molecule has 0 bridgehead atoms. The number of benzene rings is 1. The molecule has 0 amide bonds. The number of nitrogens with zero attached hydrogens (tertiary/aromatic N) is 1. The van der Waals surface area contributed by atoms with Crippen molar-refractivity contribution in [3.05, 3.63) is 35.5 Å². The van der Waals surface area contributed by atoms with Crippen molar-refractivity contribution >= 4 is 37.9 Å². The molecule has 1 aliphatic rings. The molecule has 2 unspecified atom stereocenters. The summed E-state index contributed by atoms with van der Waals surface area (Å²) in [5.74, 6) is -0.852. The van der Waals surface area contributed by atoms with Crippen molar-refractivity contribution in [3.8, 4) is 0 Å². The summed E-state index contributed by atoms with van der Waals surface area (Å²) in [6, 6.07) is 5.47. The van der Waals surface area contributed by atoms with Crippen LogP contribution in [0.5, 0.6) is 0 Å². The van der Waals surface area contributed by atoms with Gasteiger partial charge in [-0.1, -0.05) is 0 Å². The number of carboxylic acid groups (broad SMARTS) is 1. The number of quaternary nitrogens is 1. The van der Waals surface area contributed by atoms with Crippen LogP contribution in [-0.2, 0) is 0 Å². The van der Waals surface area contributed by atoms with Gasteiger partial charge in [0.15, 0.2) is 0 Å². The van der Waals surface area contributed by atoms with E-state index in [2.05, 4.69) is 25.6 Å². The van der Waals surface area contributed by atoms with Gasteiger partial charge < -0.3 is 0 Å².